The van der Waals surface area contributed by atoms with Crippen LogP contribution in [-0.2, 0) is 4.74 Å². The van der Waals surface area contributed by atoms with Crippen molar-refractivity contribution in [2.24, 2.45) is 0 Å². The fourth-order valence-electron chi connectivity index (χ4n) is 2.49. The van der Waals surface area contributed by atoms with Gasteiger partial charge in [0.2, 0.25) is 0 Å². The SMILES string of the molecule is [K+].[O-]CCOCCCCCCCCCCCCC#Cc1cccs1. The Bertz CT molecular complexity index is 409. The topological polar surface area (TPSA) is 32.3 Å². The first-order valence-electron chi connectivity index (χ1n) is 9.11. The summed E-state index contributed by atoms with van der Waals surface area (Å²) in [6.45, 7) is 1.03. The van der Waals surface area contributed by atoms with Crippen molar-refractivity contribution in [3.05, 3.63) is 22.4 Å². The van der Waals surface area contributed by atoms with Gasteiger partial charge in [-0.05, 0) is 24.3 Å². The van der Waals surface area contributed by atoms with Crippen molar-refractivity contribution in [3.8, 4) is 11.8 Å². The van der Waals surface area contributed by atoms with Gasteiger partial charge in [-0.3, -0.25) is 0 Å². The van der Waals surface area contributed by atoms with Gasteiger partial charge in [0.15, 0.2) is 0 Å². The first-order valence-corrected chi connectivity index (χ1v) is 9.99. The molecule has 0 N–H and O–H groups in total. The zero-order valence-corrected chi connectivity index (χ0v) is 19.3. The van der Waals surface area contributed by atoms with Crippen molar-refractivity contribution in [1.29, 1.82) is 0 Å². The molecule has 0 fully saturated rings. The van der Waals surface area contributed by atoms with Crippen LogP contribution in [0.3, 0.4) is 0 Å². The number of hydrogen-bond acceptors (Lipinski definition) is 3. The summed E-state index contributed by atoms with van der Waals surface area (Å²) >= 11 is 1.72. The van der Waals surface area contributed by atoms with E-state index < -0.39 is 0 Å². The van der Waals surface area contributed by atoms with Crippen molar-refractivity contribution >= 4 is 11.3 Å². The average Bonchev–Trinajstić information content (AvgIpc) is 3.08. The summed E-state index contributed by atoms with van der Waals surface area (Å²) < 4.78 is 5.18. The van der Waals surface area contributed by atoms with Gasteiger partial charge < -0.3 is 9.84 Å². The van der Waals surface area contributed by atoms with Gasteiger partial charge in [-0.25, -0.2) is 0 Å². The van der Waals surface area contributed by atoms with Gasteiger partial charge in [0.1, 0.15) is 0 Å². The van der Waals surface area contributed by atoms with Gasteiger partial charge in [-0.2, -0.15) is 0 Å². The normalized spacial score (nSPS) is 10.0. The molecule has 1 heterocycles. The molecule has 130 valence electrons. The van der Waals surface area contributed by atoms with Gasteiger partial charge in [0, 0.05) is 19.6 Å². The predicted octanol–water partition coefficient (Wildman–Crippen LogP) is 1.77. The van der Waals surface area contributed by atoms with Gasteiger partial charge in [-0.1, -0.05) is 69.3 Å². The Morgan fingerprint density at radius 1 is 0.875 bits per heavy atom. The van der Waals surface area contributed by atoms with E-state index in [-0.39, 0.29) is 58.0 Å². The first kappa shape index (κ1) is 24.8. The molecule has 4 heteroatoms. The van der Waals surface area contributed by atoms with Crippen LogP contribution in [0, 0.1) is 11.8 Å². The quantitative estimate of drug-likeness (QED) is 0.282. The van der Waals surface area contributed by atoms with Crippen LogP contribution in [0.5, 0.6) is 0 Å². The molecule has 0 saturated heterocycles. The molecule has 0 unspecified atom stereocenters. The molecular formula is C20H31KO2S. The summed E-state index contributed by atoms with van der Waals surface area (Å²) in [5.74, 6) is 6.48. The summed E-state index contributed by atoms with van der Waals surface area (Å²) in [6.07, 6.45) is 14.0. The maximum atomic E-state index is 10.2. The Balaban J connectivity index is 0.00000529. The fraction of sp³-hybridized carbons (Fsp3) is 0.700. The number of hydrogen-bond donors (Lipinski definition) is 0. The molecule has 0 aliphatic carbocycles. The maximum Gasteiger partial charge on any atom is 1.00 e. The molecule has 0 atom stereocenters. The van der Waals surface area contributed by atoms with Gasteiger partial charge in [-0.15, -0.1) is 17.9 Å². The third-order valence-electron chi connectivity index (χ3n) is 3.80. The molecule has 0 aliphatic rings. The summed E-state index contributed by atoms with van der Waals surface area (Å²) in [5.41, 5.74) is 0. The van der Waals surface area contributed by atoms with E-state index in [1.54, 1.807) is 11.3 Å². The fourth-order valence-corrected chi connectivity index (χ4v) is 3.08. The molecule has 1 aromatic heterocycles. The maximum absolute atomic E-state index is 10.2. The van der Waals surface area contributed by atoms with Crippen LogP contribution in [0.25, 0.3) is 0 Å². The first-order chi connectivity index (χ1) is 11.4. The van der Waals surface area contributed by atoms with E-state index in [0.717, 1.165) is 19.4 Å². The second kappa shape index (κ2) is 20.1. The molecule has 1 aromatic rings. The summed E-state index contributed by atoms with van der Waals surface area (Å²) in [7, 11) is 0. The molecule has 0 spiro atoms. The van der Waals surface area contributed by atoms with Crippen molar-refractivity contribution < 1.29 is 61.2 Å². The zero-order valence-electron chi connectivity index (χ0n) is 15.4. The Morgan fingerprint density at radius 3 is 2.08 bits per heavy atom. The molecule has 24 heavy (non-hydrogen) atoms. The molecule has 1 rings (SSSR count). The van der Waals surface area contributed by atoms with Gasteiger partial charge in [0.05, 0.1) is 4.88 Å². The van der Waals surface area contributed by atoms with Crippen molar-refractivity contribution in [2.75, 3.05) is 19.8 Å². The monoisotopic (exact) mass is 374 g/mol. The second-order valence-corrected chi connectivity index (χ2v) is 6.83. The van der Waals surface area contributed by atoms with E-state index in [1.165, 1.54) is 62.7 Å². The molecule has 0 bridgehead atoms. The third-order valence-corrected chi connectivity index (χ3v) is 4.59. The Morgan fingerprint density at radius 2 is 1.50 bits per heavy atom. The molecule has 0 aromatic carbocycles. The van der Waals surface area contributed by atoms with E-state index in [2.05, 4.69) is 29.4 Å². The smallest absolute Gasteiger partial charge is 0.853 e. The van der Waals surface area contributed by atoms with Crippen LogP contribution in [0.4, 0.5) is 0 Å². The number of thiophene rings is 1. The van der Waals surface area contributed by atoms with E-state index in [1.807, 2.05) is 0 Å². The summed E-state index contributed by atoms with van der Waals surface area (Å²) in [4.78, 5) is 1.18. The number of rotatable bonds is 14. The minimum absolute atomic E-state index is 0. The molecule has 0 aliphatic heterocycles. The molecule has 0 saturated carbocycles. The molecule has 2 nitrogen and oxygen atoms in total. The predicted molar refractivity (Wildman–Crippen MR) is 97.7 cm³/mol. The molecular weight excluding hydrogens is 343 g/mol. The van der Waals surface area contributed by atoms with E-state index in [4.69, 9.17) is 4.74 Å². The largest absolute Gasteiger partial charge is 1.00 e. The Hall–Kier alpha value is 0.816. The van der Waals surface area contributed by atoms with Crippen LogP contribution >= 0.6 is 11.3 Å². The van der Waals surface area contributed by atoms with Crippen molar-refractivity contribution in [2.45, 2.75) is 70.6 Å². The zero-order chi connectivity index (χ0) is 16.4. The van der Waals surface area contributed by atoms with Crippen LogP contribution < -0.4 is 56.5 Å². The van der Waals surface area contributed by atoms with Crippen LogP contribution in [0.15, 0.2) is 17.5 Å². The Kier molecular flexibility index (Phi) is 20.8. The van der Waals surface area contributed by atoms with Crippen LogP contribution in [-0.4, -0.2) is 19.8 Å². The minimum Gasteiger partial charge on any atom is -0.853 e. The Labute approximate surface area is 195 Å². The van der Waals surface area contributed by atoms with E-state index >= 15 is 0 Å². The number of unbranched alkanes of at least 4 members (excludes halogenated alkanes) is 10. The van der Waals surface area contributed by atoms with Crippen molar-refractivity contribution in [3.63, 3.8) is 0 Å². The van der Waals surface area contributed by atoms with E-state index in [0.29, 0.717) is 6.61 Å². The third kappa shape index (κ3) is 16.3. The second-order valence-electron chi connectivity index (χ2n) is 5.88. The van der Waals surface area contributed by atoms with Gasteiger partial charge in [0.25, 0.3) is 0 Å². The van der Waals surface area contributed by atoms with Crippen LogP contribution in [0.1, 0.15) is 75.5 Å². The van der Waals surface area contributed by atoms with Crippen LogP contribution in [0.2, 0.25) is 0 Å². The van der Waals surface area contributed by atoms with Crippen molar-refractivity contribution in [1.82, 2.24) is 0 Å². The number of ether oxygens (including phenoxy) is 1. The standard InChI is InChI=1S/C20H31O2S.K/c21-16-18-22-17-12-10-8-6-4-2-1-3-5-7-9-11-14-20-15-13-19-23-20;/h13,15,19H,1-10,12,16-18H2;/q-1;+1. The minimum atomic E-state index is -0.110. The summed E-state index contributed by atoms with van der Waals surface area (Å²) in [5, 5.41) is 12.3. The summed E-state index contributed by atoms with van der Waals surface area (Å²) in [6, 6.07) is 4.13. The average molecular weight is 375 g/mol. The molecule has 0 amide bonds. The molecule has 0 radical (unpaired) electrons. The van der Waals surface area contributed by atoms with Gasteiger partial charge >= 0.3 is 51.4 Å². The van der Waals surface area contributed by atoms with E-state index in [9.17, 15) is 5.11 Å².